The lowest BCUT2D eigenvalue weighted by molar-refractivity contribution is -0.0499. The average molecular weight is 301 g/mol. The maximum atomic E-state index is 12.3. The molecule has 1 rings (SSSR count). The van der Waals surface area contributed by atoms with Gasteiger partial charge in [-0.1, -0.05) is 11.2 Å². The van der Waals surface area contributed by atoms with Crippen LogP contribution in [0.1, 0.15) is 23.7 Å². The van der Waals surface area contributed by atoms with Crippen LogP contribution in [0.25, 0.3) is 0 Å². The monoisotopic (exact) mass is 301 g/mol. The molecule has 0 fully saturated rings. The summed E-state index contributed by atoms with van der Waals surface area (Å²) < 4.78 is 28.6. The summed E-state index contributed by atoms with van der Waals surface area (Å²) >= 11 is 0. The predicted molar refractivity (Wildman–Crippen MR) is 72.7 cm³/mol. The Morgan fingerprint density at radius 3 is 2.81 bits per heavy atom. The molecule has 0 saturated carbocycles. The molecule has 0 aliphatic rings. The summed E-state index contributed by atoms with van der Waals surface area (Å²) in [4.78, 5) is 13.7. The van der Waals surface area contributed by atoms with E-state index in [1.54, 1.807) is 6.92 Å². The highest BCUT2D eigenvalue weighted by Gasteiger charge is 2.16. The van der Waals surface area contributed by atoms with Crippen LogP contribution in [-0.2, 0) is 0 Å². The molecule has 0 atom stereocenters. The van der Waals surface area contributed by atoms with Crippen molar-refractivity contribution in [3.8, 4) is 5.75 Å². The van der Waals surface area contributed by atoms with Crippen molar-refractivity contribution in [1.82, 2.24) is 4.90 Å². The van der Waals surface area contributed by atoms with Gasteiger partial charge in [0.15, 0.2) is 0 Å². The fourth-order valence-electron chi connectivity index (χ4n) is 1.69. The third-order valence-corrected chi connectivity index (χ3v) is 2.74. The van der Waals surface area contributed by atoms with Gasteiger partial charge in [-0.3, -0.25) is 4.79 Å². The third-order valence-electron chi connectivity index (χ3n) is 2.74. The molecule has 0 spiro atoms. The van der Waals surface area contributed by atoms with E-state index in [0.717, 1.165) is 0 Å². The molecule has 1 aromatic rings. The zero-order valence-electron chi connectivity index (χ0n) is 11.5. The lowest BCUT2D eigenvalue weighted by Gasteiger charge is -2.20. The van der Waals surface area contributed by atoms with Crippen LogP contribution in [-0.4, -0.2) is 41.6 Å². The molecular formula is C13H17F2N3O3. The van der Waals surface area contributed by atoms with Gasteiger partial charge in [-0.05, 0) is 25.1 Å². The molecule has 8 heteroatoms. The minimum absolute atomic E-state index is 0.0102. The molecule has 0 radical (unpaired) electrons. The van der Waals surface area contributed by atoms with E-state index in [1.807, 2.05) is 0 Å². The van der Waals surface area contributed by atoms with Gasteiger partial charge in [-0.15, -0.1) is 0 Å². The molecule has 0 aromatic heterocycles. The van der Waals surface area contributed by atoms with Crippen molar-refractivity contribution in [3.63, 3.8) is 0 Å². The first kappa shape index (κ1) is 16.7. The number of amidine groups is 1. The zero-order chi connectivity index (χ0) is 15.8. The minimum Gasteiger partial charge on any atom is -0.435 e. The number of alkyl halides is 2. The lowest BCUT2D eigenvalue weighted by Crippen LogP contribution is -2.34. The van der Waals surface area contributed by atoms with Gasteiger partial charge in [0.25, 0.3) is 5.91 Å². The van der Waals surface area contributed by atoms with Crippen LogP contribution in [0.2, 0.25) is 0 Å². The quantitative estimate of drug-likeness (QED) is 0.348. The van der Waals surface area contributed by atoms with E-state index < -0.39 is 6.61 Å². The third kappa shape index (κ3) is 5.25. The number of hydrogen-bond acceptors (Lipinski definition) is 4. The van der Waals surface area contributed by atoms with E-state index in [4.69, 9.17) is 10.9 Å². The number of rotatable bonds is 7. The van der Waals surface area contributed by atoms with Gasteiger partial charge >= 0.3 is 6.61 Å². The number of hydrogen-bond donors (Lipinski definition) is 2. The highest BCUT2D eigenvalue weighted by molar-refractivity contribution is 5.95. The first-order chi connectivity index (χ1) is 9.97. The van der Waals surface area contributed by atoms with Crippen LogP contribution >= 0.6 is 0 Å². The summed E-state index contributed by atoms with van der Waals surface area (Å²) in [6.07, 6.45) is 0.212. The van der Waals surface area contributed by atoms with E-state index >= 15 is 0 Å². The van der Waals surface area contributed by atoms with Crippen LogP contribution in [0.5, 0.6) is 5.75 Å². The highest BCUT2D eigenvalue weighted by atomic mass is 19.3. The van der Waals surface area contributed by atoms with Gasteiger partial charge in [0.1, 0.15) is 11.6 Å². The molecule has 0 saturated heterocycles. The van der Waals surface area contributed by atoms with Crippen molar-refractivity contribution in [2.75, 3.05) is 13.1 Å². The second-order valence-electron chi connectivity index (χ2n) is 4.13. The van der Waals surface area contributed by atoms with Gasteiger partial charge in [-0.25, -0.2) is 0 Å². The molecule has 0 aliphatic heterocycles. The number of amides is 1. The largest absolute Gasteiger partial charge is 0.435 e. The number of carbonyl (C=O) groups is 1. The van der Waals surface area contributed by atoms with Crippen molar-refractivity contribution >= 4 is 11.7 Å². The molecule has 1 aromatic carbocycles. The molecule has 116 valence electrons. The molecule has 6 nitrogen and oxygen atoms in total. The summed E-state index contributed by atoms with van der Waals surface area (Å²) in [6, 6.07) is 5.56. The molecule has 0 heterocycles. The Bertz CT molecular complexity index is 509. The van der Waals surface area contributed by atoms with Crippen LogP contribution < -0.4 is 10.5 Å². The summed E-state index contributed by atoms with van der Waals surface area (Å²) in [5.41, 5.74) is 5.58. The number of oxime groups is 1. The summed E-state index contributed by atoms with van der Waals surface area (Å²) in [5, 5.41) is 11.3. The Kier molecular flexibility index (Phi) is 6.38. The molecule has 3 N–H and O–H groups in total. The zero-order valence-corrected chi connectivity index (χ0v) is 11.5. The Labute approximate surface area is 120 Å². The van der Waals surface area contributed by atoms with Crippen LogP contribution in [0.3, 0.4) is 0 Å². The van der Waals surface area contributed by atoms with Crippen molar-refractivity contribution < 1.29 is 23.5 Å². The van der Waals surface area contributed by atoms with Crippen LogP contribution in [0.4, 0.5) is 8.78 Å². The number of ether oxygens (including phenoxy) is 1. The minimum atomic E-state index is -2.95. The number of halogens is 2. The van der Waals surface area contributed by atoms with Crippen molar-refractivity contribution in [2.45, 2.75) is 20.0 Å². The van der Waals surface area contributed by atoms with Crippen molar-refractivity contribution in [3.05, 3.63) is 29.8 Å². The van der Waals surface area contributed by atoms with Crippen LogP contribution in [0, 0.1) is 0 Å². The van der Waals surface area contributed by atoms with Crippen molar-refractivity contribution in [1.29, 1.82) is 0 Å². The smallest absolute Gasteiger partial charge is 0.387 e. The lowest BCUT2D eigenvalue weighted by atomic mass is 10.2. The maximum Gasteiger partial charge on any atom is 0.387 e. The van der Waals surface area contributed by atoms with Gasteiger partial charge in [0, 0.05) is 25.1 Å². The Balaban J connectivity index is 2.79. The van der Waals surface area contributed by atoms with E-state index in [1.165, 1.54) is 29.2 Å². The van der Waals surface area contributed by atoms with Gasteiger partial charge in [0.2, 0.25) is 0 Å². The number of benzene rings is 1. The Hall–Kier alpha value is -2.38. The maximum absolute atomic E-state index is 12.3. The van der Waals surface area contributed by atoms with E-state index in [-0.39, 0.29) is 36.0 Å². The Morgan fingerprint density at radius 2 is 2.24 bits per heavy atom. The van der Waals surface area contributed by atoms with E-state index in [9.17, 15) is 13.6 Å². The molecule has 1 amide bonds. The second-order valence-corrected chi connectivity index (χ2v) is 4.13. The number of carbonyl (C=O) groups excluding carboxylic acids is 1. The summed E-state index contributed by atoms with van der Waals surface area (Å²) in [6.45, 7) is -0.523. The number of nitrogens with two attached hydrogens (primary N) is 1. The predicted octanol–water partition coefficient (Wildman–Crippen LogP) is 1.89. The van der Waals surface area contributed by atoms with Gasteiger partial charge in [0.05, 0.1) is 0 Å². The van der Waals surface area contributed by atoms with Gasteiger partial charge in [-0.2, -0.15) is 8.78 Å². The molecule has 21 heavy (non-hydrogen) atoms. The first-order valence-corrected chi connectivity index (χ1v) is 6.28. The normalized spacial score (nSPS) is 11.5. The standard InChI is InChI=1S/C13H17F2N3O3/c1-2-18(7-6-11(16)17-20)12(19)9-4-3-5-10(8-9)21-13(14)15/h3-5,8,13,20H,2,6-7H2,1H3,(H2,16,17). The fraction of sp³-hybridized carbons (Fsp3) is 0.385. The van der Waals surface area contributed by atoms with Crippen molar-refractivity contribution in [2.24, 2.45) is 10.9 Å². The molecule has 0 unspecified atom stereocenters. The molecule has 0 aliphatic carbocycles. The van der Waals surface area contributed by atoms with E-state index in [2.05, 4.69) is 9.89 Å². The Morgan fingerprint density at radius 1 is 1.52 bits per heavy atom. The summed E-state index contributed by atoms with van der Waals surface area (Å²) in [5.74, 6) is -0.415. The fourth-order valence-corrected chi connectivity index (χ4v) is 1.69. The van der Waals surface area contributed by atoms with Gasteiger partial charge < -0.3 is 20.6 Å². The first-order valence-electron chi connectivity index (χ1n) is 6.28. The average Bonchev–Trinajstić information content (AvgIpc) is 2.46. The summed E-state index contributed by atoms with van der Waals surface area (Å²) in [7, 11) is 0. The van der Waals surface area contributed by atoms with Crippen LogP contribution in [0.15, 0.2) is 29.4 Å². The van der Waals surface area contributed by atoms with E-state index in [0.29, 0.717) is 6.54 Å². The second kappa shape index (κ2) is 8.03. The molecule has 0 bridgehead atoms. The molecular weight excluding hydrogens is 284 g/mol. The number of nitrogens with zero attached hydrogens (tertiary/aromatic N) is 2. The highest BCUT2D eigenvalue weighted by Crippen LogP contribution is 2.17. The SMILES string of the molecule is CCN(CCC(N)=NO)C(=O)c1cccc(OC(F)F)c1. The topological polar surface area (TPSA) is 88.1 Å².